The summed E-state index contributed by atoms with van der Waals surface area (Å²) in [6.07, 6.45) is 4.55. The van der Waals surface area contributed by atoms with Crippen molar-refractivity contribution in [2.45, 2.75) is 13.0 Å². The molecule has 6 heteroatoms. The molecule has 2 heterocycles. The molecule has 2 rings (SSSR count). The lowest BCUT2D eigenvalue weighted by molar-refractivity contribution is 0.654. The van der Waals surface area contributed by atoms with Crippen molar-refractivity contribution in [3.63, 3.8) is 0 Å². The van der Waals surface area contributed by atoms with Gasteiger partial charge in [0.15, 0.2) is 0 Å². The molecule has 5 nitrogen and oxygen atoms in total. The second-order valence-electron chi connectivity index (χ2n) is 2.91. The van der Waals surface area contributed by atoms with Gasteiger partial charge in [0.05, 0.1) is 17.7 Å². The number of nitrogens with two attached hydrogens (primary N) is 1. The molecule has 0 aliphatic carbocycles. The van der Waals surface area contributed by atoms with Crippen LogP contribution in [0.5, 0.6) is 0 Å². The van der Waals surface area contributed by atoms with E-state index < -0.39 is 0 Å². The quantitative estimate of drug-likeness (QED) is 0.785. The summed E-state index contributed by atoms with van der Waals surface area (Å²) in [7, 11) is 0. The van der Waals surface area contributed by atoms with Crippen LogP contribution in [-0.2, 0) is 13.0 Å². The number of rotatable bonds is 4. The van der Waals surface area contributed by atoms with Crippen LogP contribution in [0.15, 0.2) is 17.9 Å². The summed E-state index contributed by atoms with van der Waals surface area (Å²) in [6, 6.07) is 0. The minimum Gasteiger partial charge on any atom is -0.330 e. The van der Waals surface area contributed by atoms with E-state index in [0.717, 1.165) is 18.7 Å². The summed E-state index contributed by atoms with van der Waals surface area (Å²) in [6.45, 7) is 1.35. The Kier molecular flexibility index (Phi) is 2.85. The summed E-state index contributed by atoms with van der Waals surface area (Å²) in [5.74, 6) is 0. The maximum atomic E-state index is 5.42. The third-order valence-electron chi connectivity index (χ3n) is 1.79. The Balaban J connectivity index is 2.03. The van der Waals surface area contributed by atoms with Crippen LogP contribution < -0.4 is 5.73 Å². The van der Waals surface area contributed by atoms with Crippen LogP contribution in [0.1, 0.15) is 10.6 Å². The predicted octanol–water partition coefficient (Wildman–Crippen LogP) is 0.284. The van der Waals surface area contributed by atoms with Gasteiger partial charge in [0.1, 0.15) is 0 Å². The van der Waals surface area contributed by atoms with E-state index in [4.69, 9.17) is 5.73 Å². The molecule has 0 saturated heterocycles. The summed E-state index contributed by atoms with van der Waals surface area (Å²) in [5, 5.41) is 8.00. The standard InChI is InChI=1S/C8H11N5S/c9-2-1-7-4-13(12-11-7)5-8-3-10-6-14-8/h3-4,6H,1-2,5,9H2. The lowest BCUT2D eigenvalue weighted by Gasteiger charge is -1.94. The summed E-state index contributed by atoms with van der Waals surface area (Å²) in [4.78, 5) is 5.17. The molecule has 0 unspecified atom stereocenters. The van der Waals surface area contributed by atoms with E-state index in [1.807, 2.05) is 17.9 Å². The molecule has 2 aromatic rings. The van der Waals surface area contributed by atoms with Gasteiger partial charge in [-0.1, -0.05) is 5.21 Å². The number of hydrogen-bond acceptors (Lipinski definition) is 5. The summed E-state index contributed by atoms with van der Waals surface area (Å²) < 4.78 is 1.80. The molecule has 0 radical (unpaired) electrons. The predicted molar refractivity (Wildman–Crippen MR) is 54.0 cm³/mol. The second kappa shape index (κ2) is 4.30. The maximum absolute atomic E-state index is 5.42. The number of aromatic nitrogens is 4. The third kappa shape index (κ3) is 2.15. The fourth-order valence-corrected chi connectivity index (χ4v) is 1.74. The first-order chi connectivity index (χ1) is 6.88. The minimum absolute atomic E-state index is 0.610. The Morgan fingerprint density at radius 3 is 3.14 bits per heavy atom. The molecule has 74 valence electrons. The highest BCUT2D eigenvalue weighted by molar-refractivity contribution is 7.09. The Morgan fingerprint density at radius 1 is 1.50 bits per heavy atom. The molecule has 14 heavy (non-hydrogen) atoms. The molecule has 0 fully saturated rings. The number of hydrogen-bond donors (Lipinski definition) is 1. The lowest BCUT2D eigenvalue weighted by Crippen LogP contribution is -2.02. The van der Waals surface area contributed by atoms with Crippen molar-refractivity contribution >= 4 is 11.3 Å². The Hall–Kier alpha value is -1.27. The molecule has 0 aromatic carbocycles. The highest BCUT2D eigenvalue weighted by atomic mass is 32.1. The molecule has 2 aromatic heterocycles. The molecule has 2 N–H and O–H groups in total. The summed E-state index contributed by atoms with van der Waals surface area (Å²) in [5.41, 5.74) is 8.18. The second-order valence-corrected chi connectivity index (χ2v) is 3.88. The Bertz CT molecular complexity index is 380. The fraction of sp³-hybridized carbons (Fsp3) is 0.375. The smallest absolute Gasteiger partial charge is 0.0839 e. The van der Waals surface area contributed by atoms with Gasteiger partial charge in [-0.3, -0.25) is 4.98 Å². The monoisotopic (exact) mass is 209 g/mol. The minimum atomic E-state index is 0.610. The molecule has 0 bridgehead atoms. The molecule has 0 aliphatic heterocycles. The van der Waals surface area contributed by atoms with Gasteiger partial charge in [-0.15, -0.1) is 16.4 Å². The molecule has 0 saturated carbocycles. The fourth-order valence-electron chi connectivity index (χ4n) is 1.16. The zero-order chi connectivity index (χ0) is 9.80. The molecule has 0 spiro atoms. The average molecular weight is 209 g/mol. The Morgan fingerprint density at radius 2 is 2.43 bits per heavy atom. The van der Waals surface area contributed by atoms with Gasteiger partial charge in [0.2, 0.25) is 0 Å². The lowest BCUT2D eigenvalue weighted by atomic mass is 10.3. The van der Waals surface area contributed by atoms with Crippen LogP contribution >= 0.6 is 11.3 Å². The highest BCUT2D eigenvalue weighted by Gasteiger charge is 2.01. The van der Waals surface area contributed by atoms with Crippen molar-refractivity contribution in [2.75, 3.05) is 6.54 Å². The molecule has 0 aliphatic rings. The van der Waals surface area contributed by atoms with Crippen molar-refractivity contribution in [2.24, 2.45) is 5.73 Å². The topological polar surface area (TPSA) is 69.6 Å². The van der Waals surface area contributed by atoms with Crippen molar-refractivity contribution in [1.82, 2.24) is 20.0 Å². The van der Waals surface area contributed by atoms with Crippen LogP contribution in [0.3, 0.4) is 0 Å². The maximum Gasteiger partial charge on any atom is 0.0839 e. The van der Waals surface area contributed by atoms with Gasteiger partial charge in [0, 0.05) is 23.7 Å². The van der Waals surface area contributed by atoms with Crippen LogP contribution in [0.25, 0.3) is 0 Å². The van der Waals surface area contributed by atoms with Gasteiger partial charge < -0.3 is 5.73 Å². The van der Waals surface area contributed by atoms with Crippen LogP contribution in [0.4, 0.5) is 0 Å². The molecular weight excluding hydrogens is 198 g/mol. The Labute approximate surface area is 85.6 Å². The SMILES string of the molecule is NCCc1cn(Cc2cncs2)nn1. The van der Waals surface area contributed by atoms with E-state index in [-0.39, 0.29) is 0 Å². The van der Waals surface area contributed by atoms with Crippen molar-refractivity contribution in [1.29, 1.82) is 0 Å². The third-order valence-corrected chi connectivity index (χ3v) is 2.55. The van der Waals surface area contributed by atoms with Crippen molar-refractivity contribution < 1.29 is 0 Å². The highest BCUT2D eigenvalue weighted by Crippen LogP contribution is 2.07. The van der Waals surface area contributed by atoms with E-state index >= 15 is 0 Å². The van der Waals surface area contributed by atoms with Gasteiger partial charge in [-0.05, 0) is 6.54 Å². The first kappa shape index (κ1) is 9.29. The van der Waals surface area contributed by atoms with E-state index in [1.165, 1.54) is 4.88 Å². The van der Waals surface area contributed by atoms with Gasteiger partial charge >= 0.3 is 0 Å². The van der Waals surface area contributed by atoms with Crippen molar-refractivity contribution in [3.05, 3.63) is 28.5 Å². The van der Waals surface area contributed by atoms with Crippen molar-refractivity contribution in [3.8, 4) is 0 Å². The zero-order valence-electron chi connectivity index (χ0n) is 7.63. The van der Waals surface area contributed by atoms with Crippen LogP contribution in [-0.4, -0.2) is 26.5 Å². The van der Waals surface area contributed by atoms with Crippen LogP contribution in [0.2, 0.25) is 0 Å². The first-order valence-electron chi connectivity index (χ1n) is 4.35. The molecular formula is C8H11N5S. The number of thiazole rings is 1. The summed E-state index contributed by atoms with van der Waals surface area (Å²) >= 11 is 1.62. The number of nitrogens with zero attached hydrogens (tertiary/aromatic N) is 4. The van der Waals surface area contributed by atoms with E-state index in [9.17, 15) is 0 Å². The van der Waals surface area contributed by atoms with Gasteiger partial charge in [-0.2, -0.15) is 0 Å². The largest absolute Gasteiger partial charge is 0.330 e. The molecule has 0 atom stereocenters. The normalized spacial score (nSPS) is 10.6. The molecule has 0 amide bonds. The van der Waals surface area contributed by atoms with E-state index in [1.54, 1.807) is 16.0 Å². The van der Waals surface area contributed by atoms with E-state index in [0.29, 0.717) is 6.54 Å². The van der Waals surface area contributed by atoms with Crippen LogP contribution in [0, 0.1) is 0 Å². The van der Waals surface area contributed by atoms with Gasteiger partial charge in [0.25, 0.3) is 0 Å². The average Bonchev–Trinajstić information content (AvgIpc) is 2.79. The first-order valence-corrected chi connectivity index (χ1v) is 5.23. The van der Waals surface area contributed by atoms with E-state index in [2.05, 4.69) is 15.3 Å². The van der Waals surface area contributed by atoms with Gasteiger partial charge in [-0.25, -0.2) is 4.68 Å². The zero-order valence-corrected chi connectivity index (χ0v) is 8.44.